The van der Waals surface area contributed by atoms with Crippen LogP contribution in [-0.2, 0) is 24.8 Å². The molecule has 28 heavy (non-hydrogen) atoms. The molecule has 0 spiro atoms. The maximum Gasteiger partial charge on any atom is 0.262 e. The van der Waals surface area contributed by atoms with Crippen LogP contribution in [-0.4, -0.2) is 35.2 Å². The summed E-state index contributed by atoms with van der Waals surface area (Å²) in [4.78, 5) is 35.7. The van der Waals surface area contributed by atoms with Crippen molar-refractivity contribution in [3.63, 3.8) is 0 Å². The molecule has 0 atom stereocenters. The highest BCUT2D eigenvalue weighted by Gasteiger charge is 2.12. The molecule has 0 saturated heterocycles. The first kappa shape index (κ1) is 17.7. The van der Waals surface area contributed by atoms with Gasteiger partial charge in [-0.25, -0.2) is 14.6 Å². The number of aromatic amines is 1. The molecule has 0 fully saturated rings. The molecular weight excluding hydrogens is 358 g/mol. The zero-order valence-electron chi connectivity index (χ0n) is 15.3. The Morgan fingerprint density at radius 2 is 2.04 bits per heavy atom. The number of carbonyl (C=O) groups excluding carboxylic acids is 1. The molecule has 4 aromatic rings. The number of aryl methyl sites for hydroxylation is 2. The van der Waals surface area contributed by atoms with Gasteiger partial charge in [0.25, 0.3) is 5.56 Å². The Hall–Kier alpha value is -3.75. The predicted octanol–water partition coefficient (Wildman–Crippen LogP) is 1.09. The van der Waals surface area contributed by atoms with Crippen LogP contribution in [0, 0.1) is 0 Å². The zero-order valence-corrected chi connectivity index (χ0v) is 15.3. The van der Waals surface area contributed by atoms with Gasteiger partial charge in [-0.05, 0) is 12.1 Å². The van der Waals surface area contributed by atoms with Crippen LogP contribution in [0.2, 0.25) is 0 Å². The monoisotopic (exact) mass is 377 g/mol. The summed E-state index contributed by atoms with van der Waals surface area (Å²) in [5.74, 6) is 0.325. The molecule has 0 aliphatic carbocycles. The minimum atomic E-state index is -0.266. The lowest BCUT2D eigenvalue weighted by Crippen LogP contribution is -2.24. The van der Waals surface area contributed by atoms with E-state index in [1.54, 1.807) is 17.2 Å². The van der Waals surface area contributed by atoms with Crippen molar-refractivity contribution >= 4 is 16.9 Å². The van der Waals surface area contributed by atoms with Crippen LogP contribution in [0.5, 0.6) is 0 Å². The Morgan fingerprint density at radius 3 is 2.79 bits per heavy atom. The zero-order chi connectivity index (χ0) is 19.5. The second-order valence-corrected chi connectivity index (χ2v) is 6.41. The van der Waals surface area contributed by atoms with Crippen molar-refractivity contribution < 1.29 is 4.79 Å². The van der Waals surface area contributed by atoms with Crippen LogP contribution < -0.4 is 10.9 Å². The number of nitrogens with zero attached hydrogens (tertiary/aromatic N) is 5. The molecule has 0 unspecified atom stereocenters. The lowest BCUT2D eigenvalue weighted by atomic mass is 10.2. The number of fused-ring (bicyclic) bond motifs is 1. The van der Waals surface area contributed by atoms with Crippen LogP contribution in [0.15, 0.2) is 53.8 Å². The van der Waals surface area contributed by atoms with Gasteiger partial charge in [0.05, 0.1) is 30.5 Å². The van der Waals surface area contributed by atoms with Crippen molar-refractivity contribution in [2.45, 2.75) is 19.4 Å². The Balaban J connectivity index is 1.49. The maximum atomic E-state index is 12.3. The lowest BCUT2D eigenvalue weighted by Gasteiger charge is -2.06. The summed E-state index contributed by atoms with van der Waals surface area (Å²) in [5.41, 5.74) is 1.93. The number of hydrogen-bond donors (Lipinski definition) is 2. The van der Waals surface area contributed by atoms with E-state index >= 15 is 0 Å². The summed E-state index contributed by atoms with van der Waals surface area (Å²) in [6.07, 6.45) is 5.42. The number of nitrogens with one attached hydrogen (secondary N) is 2. The maximum absolute atomic E-state index is 12.3. The van der Waals surface area contributed by atoms with Crippen LogP contribution in [0.4, 0.5) is 0 Å². The Labute approximate surface area is 160 Å². The van der Waals surface area contributed by atoms with E-state index in [1.807, 2.05) is 41.9 Å². The molecule has 3 aromatic heterocycles. The lowest BCUT2D eigenvalue weighted by molar-refractivity contribution is -0.121. The molecule has 142 valence electrons. The fourth-order valence-corrected chi connectivity index (χ4v) is 2.90. The number of imidazole rings is 1. The molecule has 9 nitrogen and oxygen atoms in total. The minimum Gasteiger partial charge on any atom is -0.350 e. The van der Waals surface area contributed by atoms with Crippen molar-refractivity contribution in [2.24, 2.45) is 7.05 Å². The third-order valence-electron chi connectivity index (χ3n) is 4.46. The molecule has 0 aliphatic rings. The van der Waals surface area contributed by atoms with E-state index in [1.165, 1.54) is 6.20 Å². The second kappa shape index (κ2) is 7.47. The standard InChI is InChI=1S/C19H19N7O2/c1-25-12-20-9-14(25)10-21-17(27)8-7-16-23-18-15(19(28)24-16)11-22-26(18)13-5-3-2-4-6-13/h2-6,9,11-12H,7-8,10H2,1H3,(H,21,27)(H,23,24,28). The SMILES string of the molecule is Cn1cncc1CNC(=O)CCc1nc2c(cnn2-c2ccccc2)c(=O)[nH]1. The number of H-pyrrole nitrogens is 1. The van der Waals surface area contributed by atoms with Gasteiger partial charge in [0, 0.05) is 26.1 Å². The number of amides is 1. The summed E-state index contributed by atoms with van der Waals surface area (Å²) in [7, 11) is 1.87. The molecule has 3 heterocycles. The van der Waals surface area contributed by atoms with E-state index in [9.17, 15) is 9.59 Å². The van der Waals surface area contributed by atoms with Gasteiger partial charge in [-0.2, -0.15) is 5.10 Å². The average molecular weight is 377 g/mol. The third kappa shape index (κ3) is 3.54. The van der Waals surface area contributed by atoms with Crippen molar-refractivity contribution in [2.75, 3.05) is 0 Å². The molecule has 2 N–H and O–H groups in total. The minimum absolute atomic E-state index is 0.125. The van der Waals surface area contributed by atoms with Crippen LogP contribution in [0.25, 0.3) is 16.7 Å². The van der Waals surface area contributed by atoms with Crippen LogP contribution in [0.3, 0.4) is 0 Å². The molecule has 0 aliphatic heterocycles. The number of carbonyl (C=O) groups is 1. The first-order valence-corrected chi connectivity index (χ1v) is 8.86. The highest BCUT2D eigenvalue weighted by atomic mass is 16.1. The molecule has 0 bridgehead atoms. The van der Waals surface area contributed by atoms with Crippen LogP contribution in [0.1, 0.15) is 17.9 Å². The van der Waals surface area contributed by atoms with Gasteiger partial charge in [-0.15, -0.1) is 0 Å². The Morgan fingerprint density at radius 1 is 1.21 bits per heavy atom. The van der Waals surface area contributed by atoms with Gasteiger partial charge in [0.2, 0.25) is 5.91 Å². The van der Waals surface area contributed by atoms with Crippen molar-refractivity contribution in [1.29, 1.82) is 0 Å². The summed E-state index contributed by atoms with van der Waals surface area (Å²) in [6, 6.07) is 9.47. The predicted molar refractivity (Wildman–Crippen MR) is 103 cm³/mol. The van der Waals surface area contributed by atoms with E-state index in [0.29, 0.717) is 29.8 Å². The van der Waals surface area contributed by atoms with Crippen LogP contribution >= 0.6 is 0 Å². The molecule has 1 aromatic carbocycles. The van der Waals surface area contributed by atoms with E-state index in [2.05, 4.69) is 25.4 Å². The van der Waals surface area contributed by atoms with Crippen molar-refractivity contribution in [3.05, 3.63) is 70.9 Å². The van der Waals surface area contributed by atoms with Gasteiger partial charge in [0.15, 0.2) is 5.65 Å². The molecule has 0 radical (unpaired) electrons. The Bertz CT molecular complexity index is 1170. The van der Waals surface area contributed by atoms with Gasteiger partial charge < -0.3 is 14.9 Å². The number of aromatic nitrogens is 6. The largest absolute Gasteiger partial charge is 0.350 e. The number of benzene rings is 1. The number of rotatable bonds is 6. The molecule has 0 saturated carbocycles. The topological polar surface area (TPSA) is 110 Å². The Kier molecular flexibility index (Phi) is 4.71. The number of para-hydroxylation sites is 1. The first-order chi connectivity index (χ1) is 13.6. The summed E-state index contributed by atoms with van der Waals surface area (Å²) in [6.45, 7) is 0.402. The van der Waals surface area contributed by atoms with Crippen molar-refractivity contribution in [1.82, 2.24) is 34.6 Å². The second-order valence-electron chi connectivity index (χ2n) is 6.41. The fraction of sp³-hybridized carbons (Fsp3) is 0.211. The summed E-state index contributed by atoms with van der Waals surface area (Å²) >= 11 is 0. The van der Waals surface area contributed by atoms with Gasteiger partial charge in [-0.3, -0.25) is 9.59 Å². The smallest absolute Gasteiger partial charge is 0.262 e. The van der Waals surface area contributed by atoms with E-state index in [-0.39, 0.29) is 17.9 Å². The van der Waals surface area contributed by atoms with E-state index < -0.39 is 0 Å². The van der Waals surface area contributed by atoms with Gasteiger partial charge in [0.1, 0.15) is 11.2 Å². The van der Waals surface area contributed by atoms with Gasteiger partial charge in [-0.1, -0.05) is 18.2 Å². The summed E-state index contributed by atoms with van der Waals surface area (Å²) in [5, 5.41) is 7.53. The number of hydrogen-bond acceptors (Lipinski definition) is 5. The summed E-state index contributed by atoms with van der Waals surface area (Å²) < 4.78 is 3.47. The molecule has 4 rings (SSSR count). The molecular formula is C19H19N7O2. The van der Waals surface area contributed by atoms with Gasteiger partial charge >= 0.3 is 0 Å². The van der Waals surface area contributed by atoms with E-state index in [4.69, 9.17) is 0 Å². The third-order valence-corrected chi connectivity index (χ3v) is 4.46. The first-order valence-electron chi connectivity index (χ1n) is 8.86. The fourth-order valence-electron chi connectivity index (χ4n) is 2.90. The van der Waals surface area contributed by atoms with Crippen molar-refractivity contribution in [3.8, 4) is 5.69 Å². The highest BCUT2D eigenvalue weighted by Crippen LogP contribution is 2.13. The quantitative estimate of drug-likeness (QED) is 0.523. The van der Waals surface area contributed by atoms with E-state index in [0.717, 1.165) is 11.4 Å². The highest BCUT2D eigenvalue weighted by molar-refractivity contribution is 5.77. The molecule has 9 heteroatoms. The normalized spacial score (nSPS) is 11.0. The average Bonchev–Trinajstić information content (AvgIpc) is 3.32. The molecule has 1 amide bonds.